The Morgan fingerprint density at radius 3 is 2.24 bits per heavy atom. The van der Waals surface area contributed by atoms with Crippen LogP contribution in [0.3, 0.4) is 0 Å². The number of hydrogen-bond donors (Lipinski definition) is 0. The topological polar surface area (TPSA) is 59.1 Å². The fourth-order valence-electron chi connectivity index (χ4n) is 4.92. The fraction of sp³-hybridized carbons (Fsp3) is 0.375. The minimum absolute atomic E-state index is 0.247. The molecule has 3 aromatic carbocycles. The van der Waals surface area contributed by atoms with Gasteiger partial charge in [-0.25, -0.2) is 22.8 Å². The summed E-state index contributed by atoms with van der Waals surface area (Å²) in [5.41, 5.74) is 0.600. The van der Waals surface area contributed by atoms with E-state index in [4.69, 9.17) is 9.47 Å². The maximum absolute atomic E-state index is 14.2. The number of carbonyl (C=O) groups excluding carboxylic acids is 2. The van der Waals surface area contributed by atoms with Crippen molar-refractivity contribution in [3.05, 3.63) is 95.3 Å². The van der Waals surface area contributed by atoms with E-state index in [9.17, 15) is 22.8 Å². The van der Waals surface area contributed by atoms with Crippen LogP contribution in [-0.4, -0.2) is 47.7 Å². The molecule has 0 saturated carbocycles. The Bertz CT molecular complexity index is 1390. The van der Waals surface area contributed by atoms with Crippen LogP contribution in [0.1, 0.15) is 57.7 Å². The van der Waals surface area contributed by atoms with E-state index in [-0.39, 0.29) is 18.2 Å². The quantitative estimate of drug-likeness (QED) is 0.292. The number of hydrogen-bond acceptors (Lipinski definition) is 4. The number of ether oxygens (including phenoxy) is 2. The van der Waals surface area contributed by atoms with E-state index >= 15 is 0 Å². The lowest BCUT2D eigenvalue weighted by Gasteiger charge is -2.44. The van der Waals surface area contributed by atoms with Gasteiger partial charge in [0.25, 0.3) is 0 Å². The first-order valence-corrected chi connectivity index (χ1v) is 13.5. The van der Waals surface area contributed by atoms with E-state index in [0.29, 0.717) is 30.5 Å². The van der Waals surface area contributed by atoms with Crippen LogP contribution in [0.15, 0.2) is 66.7 Å². The highest BCUT2D eigenvalue weighted by Crippen LogP contribution is 2.40. The zero-order chi connectivity index (χ0) is 29.9. The summed E-state index contributed by atoms with van der Waals surface area (Å²) in [5.74, 6) is -1.70. The van der Waals surface area contributed by atoms with Gasteiger partial charge in [0.2, 0.25) is 0 Å². The van der Waals surface area contributed by atoms with E-state index in [1.807, 2.05) is 6.92 Å². The highest BCUT2D eigenvalue weighted by molar-refractivity contribution is 5.71. The second kappa shape index (κ2) is 11.8. The Morgan fingerprint density at radius 1 is 1.02 bits per heavy atom. The number of rotatable bonds is 7. The van der Waals surface area contributed by atoms with Crippen molar-refractivity contribution in [2.45, 2.75) is 57.8 Å². The van der Waals surface area contributed by atoms with Crippen molar-refractivity contribution in [1.29, 1.82) is 0 Å². The molecule has 0 bridgehead atoms. The second-order valence-corrected chi connectivity index (χ2v) is 11.4. The van der Waals surface area contributed by atoms with Crippen molar-refractivity contribution in [3.63, 3.8) is 0 Å². The Morgan fingerprint density at radius 2 is 1.66 bits per heavy atom. The van der Waals surface area contributed by atoms with Gasteiger partial charge in [0, 0.05) is 44.6 Å². The molecule has 0 N–H and O–H groups in total. The minimum Gasteiger partial charge on any atom is -0.444 e. The van der Waals surface area contributed by atoms with Crippen LogP contribution in [0.5, 0.6) is 0 Å². The Labute approximate surface area is 238 Å². The molecule has 2 amide bonds. The van der Waals surface area contributed by atoms with E-state index < -0.39 is 40.8 Å². The molecule has 2 atom stereocenters. The summed E-state index contributed by atoms with van der Waals surface area (Å²) in [7, 11) is 1.62. The lowest BCUT2D eigenvalue weighted by Crippen LogP contribution is -2.50. The van der Waals surface area contributed by atoms with Crippen LogP contribution >= 0.6 is 0 Å². The molecule has 1 aliphatic rings. The maximum Gasteiger partial charge on any atom is 0.411 e. The molecule has 1 heterocycles. The fourth-order valence-corrected chi connectivity index (χ4v) is 4.92. The summed E-state index contributed by atoms with van der Waals surface area (Å²) in [6, 6.07) is 16.0. The van der Waals surface area contributed by atoms with Crippen molar-refractivity contribution < 1.29 is 32.2 Å². The average Bonchev–Trinajstić information content (AvgIpc) is 2.91. The zero-order valence-electron chi connectivity index (χ0n) is 23.9. The van der Waals surface area contributed by atoms with E-state index in [1.165, 1.54) is 29.2 Å². The second-order valence-electron chi connectivity index (χ2n) is 11.4. The number of amides is 2. The van der Waals surface area contributed by atoms with Gasteiger partial charge in [-0.3, -0.25) is 0 Å². The molecule has 3 aromatic rings. The van der Waals surface area contributed by atoms with Crippen LogP contribution in [0.25, 0.3) is 11.1 Å². The van der Waals surface area contributed by atoms with Crippen LogP contribution < -0.4 is 0 Å². The summed E-state index contributed by atoms with van der Waals surface area (Å²) >= 11 is 0. The molecule has 0 radical (unpaired) electrons. The first-order valence-electron chi connectivity index (χ1n) is 13.5. The monoisotopic (exact) mass is 568 g/mol. The van der Waals surface area contributed by atoms with Gasteiger partial charge in [0.1, 0.15) is 28.7 Å². The molecule has 0 aliphatic carbocycles. The lowest BCUT2D eigenvalue weighted by atomic mass is 9.85. The zero-order valence-corrected chi connectivity index (χ0v) is 23.9. The molecule has 1 saturated heterocycles. The molecule has 4 rings (SSSR count). The van der Waals surface area contributed by atoms with E-state index in [1.54, 1.807) is 69.1 Å². The third-order valence-corrected chi connectivity index (χ3v) is 7.30. The molecule has 218 valence electrons. The molecular weight excluding hydrogens is 533 g/mol. The molecule has 1 aliphatic heterocycles. The van der Waals surface area contributed by atoms with Crippen molar-refractivity contribution in [2.75, 3.05) is 20.1 Å². The average molecular weight is 569 g/mol. The van der Waals surface area contributed by atoms with Crippen LogP contribution in [0, 0.1) is 17.5 Å². The number of halogens is 3. The van der Waals surface area contributed by atoms with Crippen LogP contribution in [0.4, 0.5) is 22.8 Å². The maximum atomic E-state index is 14.2. The Balaban J connectivity index is 1.51. The molecule has 1 fully saturated rings. The number of benzene rings is 3. The van der Waals surface area contributed by atoms with E-state index in [0.717, 1.165) is 11.6 Å². The molecular formula is C32H35F3N2O4. The summed E-state index contributed by atoms with van der Waals surface area (Å²) in [6.45, 7) is 7.82. The molecule has 41 heavy (non-hydrogen) atoms. The first kappa shape index (κ1) is 30.0. The Hall–Kier alpha value is -4.01. The van der Waals surface area contributed by atoms with Crippen molar-refractivity contribution in [2.24, 2.45) is 0 Å². The molecule has 9 heteroatoms. The van der Waals surface area contributed by atoms with Gasteiger partial charge in [-0.15, -0.1) is 0 Å². The molecule has 0 unspecified atom stereocenters. The van der Waals surface area contributed by atoms with Crippen molar-refractivity contribution in [1.82, 2.24) is 9.80 Å². The predicted molar refractivity (Wildman–Crippen MR) is 150 cm³/mol. The van der Waals surface area contributed by atoms with Gasteiger partial charge in [-0.2, -0.15) is 0 Å². The lowest BCUT2D eigenvalue weighted by molar-refractivity contribution is -0.0687. The number of cyclic esters (lactones) is 1. The largest absolute Gasteiger partial charge is 0.444 e. The number of carbonyl (C=O) groups is 2. The summed E-state index contributed by atoms with van der Waals surface area (Å²) in [4.78, 5) is 29.0. The molecule has 6 nitrogen and oxygen atoms in total. The van der Waals surface area contributed by atoms with Gasteiger partial charge in [-0.1, -0.05) is 36.4 Å². The Kier molecular flexibility index (Phi) is 8.66. The highest BCUT2D eigenvalue weighted by atomic mass is 19.1. The number of nitrogens with zero attached hydrogens (tertiary/aromatic N) is 2. The van der Waals surface area contributed by atoms with Gasteiger partial charge < -0.3 is 19.3 Å². The van der Waals surface area contributed by atoms with Gasteiger partial charge in [0.15, 0.2) is 0 Å². The minimum atomic E-state index is -1.07. The molecule has 0 spiro atoms. The van der Waals surface area contributed by atoms with Gasteiger partial charge in [0.05, 0.1) is 6.04 Å². The third kappa shape index (κ3) is 7.01. The van der Waals surface area contributed by atoms with Gasteiger partial charge in [-0.05, 0) is 68.7 Å². The van der Waals surface area contributed by atoms with Crippen molar-refractivity contribution >= 4 is 12.2 Å². The van der Waals surface area contributed by atoms with Crippen LogP contribution in [0.2, 0.25) is 0 Å². The smallest absolute Gasteiger partial charge is 0.411 e. The highest BCUT2D eigenvalue weighted by Gasteiger charge is 2.44. The van der Waals surface area contributed by atoms with Crippen molar-refractivity contribution in [3.8, 4) is 11.1 Å². The van der Waals surface area contributed by atoms with E-state index in [2.05, 4.69) is 0 Å². The summed E-state index contributed by atoms with van der Waals surface area (Å²) in [6.07, 6.45) is -0.328. The first-order chi connectivity index (χ1) is 19.3. The third-order valence-electron chi connectivity index (χ3n) is 7.30. The SMILES string of the molecule is C[C@@H](c1ccc(-c2ccc(F)cc2F)cc1)N1CC[C@@](CCN(C)C(=O)OC(C)(C)C)(c2ccc(F)cc2)OC1=O. The summed E-state index contributed by atoms with van der Waals surface area (Å²) < 4.78 is 52.8. The standard InChI is InChI=1S/C32H35F3N2O4/c1-21(22-6-8-23(9-7-22)27-15-14-26(34)20-28(27)35)37-19-17-32(41-30(37)39,24-10-12-25(33)13-11-24)16-18-36(5)29(38)40-31(2,3)4/h6-15,20-21H,16-19H2,1-5H3/t21-,32-/m0/s1. The summed E-state index contributed by atoms with van der Waals surface area (Å²) in [5, 5.41) is 0. The van der Waals surface area contributed by atoms with Gasteiger partial charge >= 0.3 is 12.2 Å². The predicted octanol–water partition coefficient (Wildman–Crippen LogP) is 7.83. The normalized spacial score (nSPS) is 18.0. The van der Waals surface area contributed by atoms with Crippen LogP contribution in [-0.2, 0) is 15.1 Å². The molecule has 0 aromatic heterocycles.